The Bertz CT molecular complexity index is 524. The number of aliphatic carboxylic acids is 3. The quantitative estimate of drug-likeness (QED) is 0.175. The van der Waals surface area contributed by atoms with E-state index in [2.05, 4.69) is 5.32 Å². The summed E-state index contributed by atoms with van der Waals surface area (Å²) in [5.74, 6) is -5.58. The molecule has 0 unspecified atom stereocenters. The van der Waals surface area contributed by atoms with Crippen LogP contribution in [-0.2, 0) is 24.0 Å². The highest BCUT2D eigenvalue weighted by Crippen LogP contribution is 1.98. The predicted molar refractivity (Wildman–Crippen MR) is 82.3 cm³/mol. The van der Waals surface area contributed by atoms with Gasteiger partial charge in [0.25, 0.3) is 0 Å². The minimum Gasteiger partial charge on any atom is -0.481 e. The maximum Gasteiger partial charge on any atom is 0.326 e. The Morgan fingerprint density at radius 3 is 1.96 bits per heavy atom. The third-order valence-corrected chi connectivity index (χ3v) is 3.07. The van der Waals surface area contributed by atoms with E-state index in [4.69, 9.17) is 26.8 Å². The largest absolute Gasteiger partial charge is 0.481 e. The number of hydrogen-bond donors (Lipinski definition) is 7. The third kappa shape index (κ3) is 9.88. The van der Waals surface area contributed by atoms with E-state index in [9.17, 15) is 24.0 Å². The second-order valence-electron chi connectivity index (χ2n) is 5.24. The van der Waals surface area contributed by atoms with Gasteiger partial charge in [0, 0.05) is 6.54 Å². The van der Waals surface area contributed by atoms with Gasteiger partial charge in [-0.3, -0.25) is 19.2 Å². The Balaban J connectivity index is 4.16. The fourth-order valence-electron chi connectivity index (χ4n) is 1.69. The van der Waals surface area contributed by atoms with Crippen LogP contribution in [0.2, 0.25) is 0 Å². The summed E-state index contributed by atoms with van der Waals surface area (Å²) in [6, 6.07) is -3.99. The third-order valence-electron chi connectivity index (χ3n) is 3.07. The zero-order valence-electron chi connectivity index (χ0n) is 13.3. The van der Waals surface area contributed by atoms with Gasteiger partial charge < -0.3 is 37.4 Å². The van der Waals surface area contributed by atoms with Crippen molar-refractivity contribution in [1.29, 1.82) is 0 Å². The van der Waals surface area contributed by atoms with Crippen molar-refractivity contribution < 1.29 is 39.3 Å². The van der Waals surface area contributed by atoms with E-state index in [1.165, 1.54) is 0 Å². The summed E-state index contributed by atoms with van der Waals surface area (Å²) >= 11 is 0. The van der Waals surface area contributed by atoms with Crippen LogP contribution in [0, 0.1) is 0 Å². The molecule has 0 fully saturated rings. The Hall–Kier alpha value is -2.73. The number of nitrogens with two attached hydrogens (primary N) is 2. The highest BCUT2D eigenvalue weighted by atomic mass is 16.4. The van der Waals surface area contributed by atoms with Crippen LogP contribution in [0.4, 0.5) is 0 Å². The number of carbonyl (C=O) groups excluding carboxylic acids is 2. The molecule has 0 aromatic rings. The average Bonchev–Trinajstić information content (AvgIpc) is 2.49. The lowest BCUT2D eigenvalue weighted by Crippen LogP contribution is -2.49. The fourth-order valence-corrected chi connectivity index (χ4v) is 1.69. The zero-order chi connectivity index (χ0) is 19.6. The standard InChI is InChI=1S/C13H22N4O8/c14-6(11(21)17-8(13(24)25)5-10(19)20)2-1-3-16-9(18)4-7(15)12(22)23/h6-8H,1-5,14-15H2,(H,16,18)(H,17,21)(H,19,20)(H,22,23)(H,24,25)/t6-,7-,8-/m0/s1. The molecule has 0 aliphatic heterocycles. The lowest BCUT2D eigenvalue weighted by Gasteiger charge is -2.16. The smallest absolute Gasteiger partial charge is 0.326 e. The van der Waals surface area contributed by atoms with Crippen molar-refractivity contribution in [3.05, 3.63) is 0 Å². The average molecular weight is 362 g/mol. The van der Waals surface area contributed by atoms with Crippen LogP contribution < -0.4 is 22.1 Å². The van der Waals surface area contributed by atoms with Gasteiger partial charge >= 0.3 is 17.9 Å². The first-order valence-electron chi connectivity index (χ1n) is 7.30. The molecule has 3 atom stereocenters. The van der Waals surface area contributed by atoms with Gasteiger partial charge in [0.15, 0.2) is 0 Å². The molecule has 0 bridgehead atoms. The van der Waals surface area contributed by atoms with Crippen LogP contribution in [-0.4, -0.2) is 69.7 Å². The summed E-state index contributed by atoms with van der Waals surface area (Å²) in [5, 5.41) is 30.4. The normalized spacial score (nSPS) is 14.0. The molecule has 12 heteroatoms. The predicted octanol–water partition coefficient (Wildman–Crippen LogP) is -2.94. The summed E-state index contributed by atoms with van der Waals surface area (Å²) < 4.78 is 0. The van der Waals surface area contributed by atoms with E-state index in [-0.39, 0.29) is 19.4 Å². The Labute approximate surface area is 142 Å². The van der Waals surface area contributed by atoms with Crippen LogP contribution in [0.25, 0.3) is 0 Å². The molecule has 9 N–H and O–H groups in total. The second-order valence-corrected chi connectivity index (χ2v) is 5.24. The molecule has 0 spiro atoms. The second kappa shape index (κ2) is 10.9. The molecule has 0 radical (unpaired) electrons. The molecule has 0 aromatic heterocycles. The summed E-state index contributed by atoms with van der Waals surface area (Å²) in [5.41, 5.74) is 10.8. The molecule has 0 aliphatic rings. The zero-order valence-corrected chi connectivity index (χ0v) is 13.3. The summed E-state index contributed by atoms with van der Waals surface area (Å²) in [6.07, 6.45) is -0.819. The summed E-state index contributed by atoms with van der Waals surface area (Å²) in [6.45, 7) is 0.115. The summed E-state index contributed by atoms with van der Waals surface area (Å²) in [4.78, 5) is 55.0. The number of carbonyl (C=O) groups is 5. The van der Waals surface area contributed by atoms with Crippen molar-refractivity contribution in [3.63, 3.8) is 0 Å². The lowest BCUT2D eigenvalue weighted by atomic mass is 10.1. The maximum atomic E-state index is 11.7. The van der Waals surface area contributed by atoms with Crippen LogP contribution in [0.1, 0.15) is 25.7 Å². The van der Waals surface area contributed by atoms with E-state index >= 15 is 0 Å². The lowest BCUT2D eigenvalue weighted by molar-refractivity contribution is -0.147. The van der Waals surface area contributed by atoms with Gasteiger partial charge in [-0.1, -0.05) is 0 Å². The molecule has 0 rings (SSSR count). The van der Waals surface area contributed by atoms with E-state index in [1.807, 2.05) is 5.32 Å². The Morgan fingerprint density at radius 1 is 0.880 bits per heavy atom. The molecule has 25 heavy (non-hydrogen) atoms. The van der Waals surface area contributed by atoms with Crippen LogP contribution >= 0.6 is 0 Å². The number of nitrogens with one attached hydrogen (secondary N) is 2. The van der Waals surface area contributed by atoms with Crippen molar-refractivity contribution in [3.8, 4) is 0 Å². The minimum absolute atomic E-state index is 0.0938. The molecular weight excluding hydrogens is 340 g/mol. The molecule has 0 saturated carbocycles. The minimum atomic E-state index is -1.59. The van der Waals surface area contributed by atoms with Gasteiger partial charge in [0.2, 0.25) is 11.8 Å². The van der Waals surface area contributed by atoms with Crippen molar-refractivity contribution in [2.45, 2.75) is 43.8 Å². The molecule has 0 aliphatic carbocycles. The Morgan fingerprint density at radius 2 is 1.48 bits per heavy atom. The molecule has 12 nitrogen and oxygen atoms in total. The molecule has 0 aromatic carbocycles. The highest BCUT2D eigenvalue weighted by Gasteiger charge is 2.25. The van der Waals surface area contributed by atoms with Crippen LogP contribution in [0.15, 0.2) is 0 Å². The van der Waals surface area contributed by atoms with E-state index in [1.54, 1.807) is 0 Å². The van der Waals surface area contributed by atoms with E-state index < -0.39 is 60.7 Å². The van der Waals surface area contributed by atoms with Gasteiger partial charge in [-0.05, 0) is 12.8 Å². The molecule has 142 valence electrons. The number of carboxylic acids is 3. The maximum absolute atomic E-state index is 11.7. The van der Waals surface area contributed by atoms with E-state index in [0.29, 0.717) is 0 Å². The van der Waals surface area contributed by atoms with Crippen molar-refractivity contribution >= 4 is 29.7 Å². The molecular formula is C13H22N4O8. The molecule has 0 saturated heterocycles. The van der Waals surface area contributed by atoms with Gasteiger partial charge in [0.1, 0.15) is 12.1 Å². The topological polar surface area (TPSA) is 222 Å². The number of amides is 2. The number of carboxylic acid groups (broad SMARTS) is 3. The van der Waals surface area contributed by atoms with Crippen molar-refractivity contribution in [2.24, 2.45) is 11.5 Å². The van der Waals surface area contributed by atoms with Crippen LogP contribution in [0.5, 0.6) is 0 Å². The van der Waals surface area contributed by atoms with Crippen molar-refractivity contribution in [2.75, 3.05) is 6.54 Å². The highest BCUT2D eigenvalue weighted by molar-refractivity contribution is 5.89. The first-order chi connectivity index (χ1) is 11.5. The number of rotatable bonds is 12. The van der Waals surface area contributed by atoms with Gasteiger partial charge in [0.05, 0.1) is 18.9 Å². The SMILES string of the molecule is N[C@@H](CC(=O)NCCC[C@H](N)C(=O)N[C@@H](CC(=O)O)C(=O)O)C(=O)O. The number of hydrogen-bond acceptors (Lipinski definition) is 7. The first-order valence-corrected chi connectivity index (χ1v) is 7.30. The van der Waals surface area contributed by atoms with Gasteiger partial charge in [-0.25, -0.2) is 4.79 Å². The summed E-state index contributed by atoms with van der Waals surface area (Å²) in [7, 11) is 0. The molecule has 2 amide bonds. The molecule has 0 heterocycles. The van der Waals surface area contributed by atoms with Crippen LogP contribution in [0.3, 0.4) is 0 Å². The first kappa shape index (κ1) is 22.3. The van der Waals surface area contributed by atoms with Gasteiger partial charge in [-0.2, -0.15) is 0 Å². The van der Waals surface area contributed by atoms with Crippen molar-refractivity contribution in [1.82, 2.24) is 10.6 Å². The van der Waals surface area contributed by atoms with E-state index in [0.717, 1.165) is 0 Å². The monoisotopic (exact) mass is 362 g/mol. The van der Waals surface area contributed by atoms with Gasteiger partial charge in [-0.15, -0.1) is 0 Å². The fraction of sp³-hybridized carbons (Fsp3) is 0.615. The Kier molecular flexibility index (Phi) is 9.74.